The molecule has 276 valence electrons. The van der Waals surface area contributed by atoms with Crippen LogP contribution in [0.25, 0.3) is 0 Å². The third kappa shape index (κ3) is 36.4. The van der Waals surface area contributed by atoms with Crippen LogP contribution in [-0.2, 0) is 19.1 Å². The Kier molecular flexibility index (Phi) is 37.1. The molecule has 48 heavy (non-hydrogen) atoms. The van der Waals surface area contributed by atoms with Gasteiger partial charge in [0.25, 0.3) is 0 Å². The number of ether oxygens (including phenoxy) is 2. The highest BCUT2D eigenvalue weighted by Gasteiger charge is 2.16. The Hall–Kier alpha value is -2.40. The second kappa shape index (κ2) is 39.0. The molecule has 1 atom stereocenters. The lowest BCUT2D eigenvalue weighted by atomic mass is 10.1. The van der Waals surface area contributed by atoms with Crippen molar-refractivity contribution < 1.29 is 24.2 Å². The first-order valence-corrected chi connectivity index (χ1v) is 19.8. The Morgan fingerprint density at radius 2 is 0.833 bits per heavy atom. The molecule has 0 saturated carbocycles. The van der Waals surface area contributed by atoms with Crippen LogP contribution in [0.15, 0.2) is 60.8 Å². The molecular formula is C43H74O5. The van der Waals surface area contributed by atoms with E-state index in [-0.39, 0.29) is 25.2 Å². The topological polar surface area (TPSA) is 72.8 Å². The number of aliphatic hydroxyl groups is 1. The number of allylic oxidation sites excluding steroid dienone is 10. The summed E-state index contributed by atoms with van der Waals surface area (Å²) < 4.78 is 10.6. The number of carbonyl (C=O) groups excluding carboxylic acids is 2. The summed E-state index contributed by atoms with van der Waals surface area (Å²) in [4.78, 5) is 24.2. The molecule has 0 bridgehead atoms. The van der Waals surface area contributed by atoms with Crippen molar-refractivity contribution >= 4 is 11.9 Å². The molecule has 0 aliphatic rings. The van der Waals surface area contributed by atoms with E-state index in [4.69, 9.17) is 9.47 Å². The first-order valence-electron chi connectivity index (χ1n) is 19.8. The molecule has 0 amide bonds. The molecule has 0 aliphatic heterocycles. The van der Waals surface area contributed by atoms with Gasteiger partial charge in [0, 0.05) is 12.8 Å². The summed E-state index contributed by atoms with van der Waals surface area (Å²) in [6, 6.07) is 0. The van der Waals surface area contributed by atoms with Crippen molar-refractivity contribution in [3.8, 4) is 0 Å². The smallest absolute Gasteiger partial charge is 0.306 e. The van der Waals surface area contributed by atoms with E-state index in [1.165, 1.54) is 96.3 Å². The monoisotopic (exact) mass is 671 g/mol. The van der Waals surface area contributed by atoms with Crippen LogP contribution >= 0.6 is 0 Å². The Morgan fingerprint density at radius 3 is 1.29 bits per heavy atom. The number of rotatable bonds is 35. The van der Waals surface area contributed by atoms with Gasteiger partial charge >= 0.3 is 11.9 Å². The SMILES string of the molecule is CCCCCC=CCC=CCC=CCCCCC(=O)OC[C@H](CO)OC(=O)CCCCCCCCCCCC=CCC=CCCCCC. The number of carbonyl (C=O) groups is 2. The molecule has 0 aromatic heterocycles. The molecule has 0 aliphatic carbocycles. The van der Waals surface area contributed by atoms with Crippen LogP contribution in [0.2, 0.25) is 0 Å². The molecule has 0 saturated heterocycles. The summed E-state index contributed by atoms with van der Waals surface area (Å²) in [5.41, 5.74) is 0. The van der Waals surface area contributed by atoms with E-state index < -0.39 is 6.10 Å². The number of unbranched alkanes of at least 4 members (excludes halogenated alkanes) is 17. The van der Waals surface area contributed by atoms with Crippen molar-refractivity contribution in [3.63, 3.8) is 0 Å². The van der Waals surface area contributed by atoms with Gasteiger partial charge < -0.3 is 14.6 Å². The highest BCUT2D eigenvalue weighted by atomic mass is 16.6. The maximum atomic E-state index is 12.2. The Balaban J connectivity index is 3.63. The molecule has 5 nitrogen and oxygen atoms in total. The first kappa shape index (κ1) is 45.6. The molecule has 5 heteroatoms. The number of hydrogen-bond donors (Lipinski definition) is 1. The minimum Gasteiger partial charge on any atom is -0.462 e. The second-order valence-corrected chi connectivity index (χ2v) is 13.0. The van der Waals surface area contributed by atoms with E-state index in [1.54, 1.807) is 0 Å². The summed E-state index contributed by atoms with van der Waals surface area (Å²) in [5, 5.41) is 9.55. The molecule has 0 radical (unpaired) electrons. The minimum absolute atomic E-state index is 0.0892. The van der Waals surface area contributed by atoms with Crippen molar-refractivity contribution in [1.29, 1.82) is 0 Å². The standard InChI is InChI=1S/C43H74O5/c1-3-5-7-9-11-13-15-17-19-20-21-22-24-26-28-30-32-34-36-38-43(46)48-41(39-44)40-47-42(45)37-35-33-31-29-27-25-23-18-16-14-12-10-8-6-4-2/h11-14,17-19,23,27,29,41,44H,3-10,15-16,20-22,24-26,28,30-40H2,1-2H3/t41-/m0/s1. The van der Waals surface area contributed by atoms with Crippen LogP contribution in [0.3, 0.4) is 0 Å². The molecule has 0 fully saturated rings. The molecule has 0 aromatic carbocycles. The molecular weight excluding hydrogens is 596 g/mol. The fraction of sp³-hybridized carbons (Fsp3) is 0.721. The number of esters is 2. The van der Waals surface area contributed by atoms with E-state index in [0.29, 0.717) is 12.8 Å². The lowest BCUT2D eigenvalue weighted by Gasteiger charge is -2.15. The normalized spacial score (nSPS) is 12.8. The zero-order valence-electron chi connectivity index (χ0n) is 31.2. The van der Waals surface area contributed by atoms with Gasteiger partial charge in [-0.1, -0.05) is 145 Å². The van der Waals surface area contributed by atoms with Crippen LogP contribution in [-0.4, -0.2) is 36.4 Å². The molecule has 0 spiro atoms. The van der Waals surface area contributed by atoms with E-state index >= 15 is 0 Å². The third-order valence-corrected chi connectivity index (χ3v) is 8.28. The van der Waals surface area contributed by atoms with Crippen LogP contribution in [0, 0.1) is 0 Å². The maximum absolute atomic E-state index is 12.2. The first-order chi connectivity index (χ1) is 23.6. The van der Waals surface area contributed by atoms with E-state index in [1.807, 2.05) is 0 Å². The molecule has 0 heterocycles. The highest BCUT2D eigenvalue weighted by Crippen LogP contribution is 2.13. The van der Waals surface area contributed by atoms with Gasteiger partial charge in [0.2, 0.25) is 0 Å². The van der Waals surface area contributed by atoms with Crippen LogP contribution in [0.4, 0.5) is 0 Å². The van der Waals surface area contributed by atoms with Crippen LogP contribution < -0.4 is 0 Å². The van der Waals surface area contributed by atoms with Crippen molar-refractivity contribution in [1.82, 2.24) is 0 Å². The van der Waals surface area contributed by atoms with Crippen molar-refractivity contribution in [2.24, 2.45) is 0 Å². The van der Waals surface area contributed by atoms with Gasteiger partial charge in [0.15, 0.2) is 6.10 Å². The zero-order chi connectivity index (χ0) is 35.0. The van der Waals surface area contributed by atoms with Gasteiger partial charge in [-0.3, -0.25) is 9.59 Å². The predicted molar refractivity (Wildman–Crippen MR) is 205 cm³/mol. The van der Waals surface area contributed by atoms with Crippen molar-refractivity contribution in [2.75, 3.05) is 13.2 Å². The largest absolute Gasteiger partial charge is 0.462 e. The van der Waals surface area contributed by atoms with Crippen molar-refractivity contribution in [2.45, 2.75) is 187 Å². The van der Waals surface area contributed by atoms with Gasteiger partial charge in [0.1, 0.15) is 6.61 Å². The number of hydrogen-bond acceptors (Lipinski definition) is 5. The molecule has 1 N–H and O–H groups in total. The van der Waals surface area contributed by atoms with Gasteiger partial charge in [-0.2, -0.15) is 0 Å². The summed E-state index contributed by atoms with van der Waals surface area (Å²) in [6.07, 6.45) is 49.9. The zero-order valence-corrected chi connectivity index (χ0v) is 31.2. The molecule has 0 aromatic rings. The Bertz CT molecular complexity index is 853. The van der Waals surface area contributed by atoms with Crippen LogP contribution in [0.1, 0.15) is 181 Å². The lowest BCUT2D eigenvalue weighted by Crippen LogP contribution is -2.28. The average molecular weight is 671 g/mol. The fourth-order valence-corrected chi connectivity index (χ4v) is 5.24. The molecule has 0 unspecified atom stereocenters. The van der Waals surface area contributed by atoms with Gasteiger partial charge in [-0.15, -0.1) is 0 Å². The Morgan fingerprint density at radius 1 is 0.479 bits per heavy atom. The Labute approximate surface area is 296 Å². The minimum atomic E-state index is -0.790. The predicted octanol–water partition coefficient (Wildman–Crippen LogP) is 12.4. The third-order valence-electron chi connectivity index (χ3n) is 8.28. The van der Waals surface area contributed by atoms with Gasteiger partial charge in [-0.25, -0.2) is 0 Å². The number of aliphatic hydroxyl groups excluding tert-OH is 1. The van der Waals surface area contributed by atoms with E-state index in [9.17, 15) is 14.7 Å². The summed E-state index contributed by atoms with van der Waals surface area (Å²) in [5.74, 6) is -0.643. The highest BCUT2D eigenvalue weighted by molar-refractivity contribution is 5.70. The maximum Gasteiger partial charge on any atom is 0.306 e. The molecule has 0 rings (SSSR count). The lowest BCUT2D eigenvalue weighted by molar-refractivity contribution is -0.161. The summed E-state index contributed by atoms with van der Waals surface area (Å²) in [6.45, 7) is 4.04. The van der Waals surface area contributed by atoms with Gasteiger partial charge in [-0.05, 0) is 83.5 Å². The quantitative estimate of drug-likeness (QED) is 0.0413. The van der Waals surface area contributed by atoms with E-state index in [2.05, 4.69) is 74.6 Å². The summed E-state index contributed by atoms with van der Waals surface area (Å²) >= 11 is 0. The van der Waals surface area contributed by atoms with Gasteiger partial charge in [0.05, 0.1) is 6.61 Å². The second-order valence-electron chi connectivity index (χ2n) is 13.0. The van der Waals surface area contributed by atoms with Crippen molar-refractivity contribution in [3.05, 3.63) is 60.8 Å². The summed E-state index contributed by atoms with van der Waals surface area (Å²) in [7, 11) is 0. The van der Waals surface area contributed by atoms with E-state index in [0.717, 1.165) is 57.8 Å². The van der Waals surface area contributed by atoms with Crippen LogP contribution in [0.5, 0.6) is 0 Å². The fourth-order valence-electron chi connectivity index (χ4n) is 5.24. The average Bonchev–Trinajstić information content (AvgIpc) is 3.09.